The van der Waals surface area contributed by atoms with Crippen LogP contribution in [0.25, 0.3) is 0 Å². The van der Waals surface area contributed by atoms with Gasteiger partial charge in [0.1, 0.15) is 6.04 Å². The second-order valence-electron chi connectivity index (χ2n) is 2.47. The van der Waals surface area contributed by atoms with E-state index in [2.05, 4.69) is 4.74 Å². The number of halogens is 1. The summed E-state index contributed by atoms with van der Waals surface area (Å²) in [7, 11) is 1.34. The Morgan fingerprint density at radius 2 is 2.31 bits per heavy atom. The molecule has 1 aromatic heterocycles. The van der Waals surface area contributed by atoms with Crippen molar-refractivity contribution in [3.63, 3.8) is 0 Å². The van der Waals surface area contributed by atoms with Gasteiger partial charge in [-0.1, -0.05) is 0 Å². The third-order valence-electron chi connectivity index (χ3n) is 1.64. The predicted molar refractivity (Wildman–Crippen MR) is 55.2 cm³/mol. The van der Waals surface area contributed by atoms with Gasteiger partial charge in [-0.3, -0.25) is 0 Å². The largest absolute Gasteiger partial charge is 0.468 e. The van der Waals surface area contributed by atoms with Crippen LogP contribution in [0.1, 0.15) is 16.5 Å². The summed E-state index contributed by atoms with van der Waals surface area (Å²) in [5.74, 6) is -0.388. The summed E-state index contributed by atoms with van der Waals surface area (Å²) < 4.78 is 4.53. The molecular formula is C8H12ClNO2S. The second kappa shape index (κ2) is 5.21. The summed E-state index contributed by atoms with van der Waals surface area (Å²) in [6.07, 6.45) is 0. The van der Waals surface area contributed by atoms with E-state index in [0.29, 0.717) is 0 Å². The smallest absolute Gasteiger partial charge is 0.328 e. The molecule has 0 aliphatic rings. The van der Waals surface area contributed by atoms with Crippen LogP contribution in [0.2, 0.25) is 0 Å². The lowest BCUT2D eigenvalue weighted by Crippen LogP contribution is -2.22. The predicted octanol–water partition coefficient (Wildman–Crippen LogP) is 1.65. The number of carbonyl (C=O) groups is 1. The number of methoxy groups -OCH3 is 1. The number of nitrogens with two attached hydrogens (primary N) is 1. The maximum absolute atomic E-state index is 11.0. The summed E-state index contributed by atoms with van der Waals surface area (Å²) in [5.41, 5.74) is 6.67. The first-order valence-corrected chi connectivity index (χ1v) is 4.42. The molecule has 0 radical (unpaired) electrons. The third kappa shape index (κ3) is 2.69. The van der Waals surface area contributed by atoms with E-state index in [1.54, 1.807) is 0 Å². The van der Waals surface area contributed by atoms with E-state index in [1.165, 1.54) is 18.4 Å². The van der Waals surface area contributed by atoms with Gasteiger partial charge in [-0.2, -0.15) is 0 Å². The minimum absolute atomic E-state index is 0. The molecule has 1 atom stereocenters. The van der Waals surface area contributed by atoms with Crippen LogP contribution in [-0.2, 0) is 9.53 Å². The maximum atomic E-state index is 11.0. The zero-order valence-electron chi connectivity index (χ0n) is 7.44. The number of carbonyl (C=O) groups excluding carboxylic acids is 1. The molecule has 0 saturated heterocycles. The van der Waals surface area contributed by atoms with Gasteiger partial charge in [0.15, 0.2) is 0 Å². The highest BCUT2D eigenvalue weighted by molar-refractivity contribution is 7.10. The van der Waals surface area contributed by atoms with E-state index in [1.807, 2.05) is 18.4 Å². The third-order valence-corrected chi connectivity index (χ3v) is 2.74. The van der Waals surface area contributed by atoms with Crippen LogP contribution in [0.3, 0.4) is 0 Å². The van der Waals surface area contributed by atoms with E-state index in [0.717, 1.165) is 10.4 Å². The number of hydrogen-bond donors (Lipinski definition) is 1. The quantitative estimate of drug-likeness (QED) is 0.773. The standard InChI is InChI=1S/C8H11NO2S.ClH/c1-5-3-4-12-7(5)6(9)8(10)11-2;/h3-4,6H,9H2,1-2H3;1H/t6-;/m0./s1. The first-order valence-electron chi connectivity index (χ1n) is 3.54. The average molecular weight is 222 g/mol. The van der Waals surface area contributed by atoms with E-state index in [4.69, 9.17) is 5.73 Å². The van der Waals surface area contributed by atoms with E-state index in [-0.39, 0.29) is 18.4 Å². The molecule has 1 rings (SSSR count). The minimum atomic E-state index is -0.630. The van der Waals surface area contributed by atoms with Gasteiger partial charge < -0.3 is 10.5 Å². The maximum Gasteiger partial charge on any atom is 0.328 e. The number of rotatable bonds is 2. The first kappa shape index (κ1) is 12.4. The number of ether oxygens (including phenoxy) is 1. The molecule has 0 saturated carbocycles. The molecule has 1 heterocycles. The number of thiophene rings is 1. The Bertz CT molecular complexity index is 287. The Morgan fingerprint density at radius 3 is 2.69 bits per heavy atom. The Kier molecular flexibility index (Phi) is 4.98. The highest BCUT2D eigenvalue weighted by Crippen LogP contribution is 2.22. The molecule has 74 valence electrons. The van der Waals surface area contributed by atoms with Crippen LogP contribution in [0.4, 0.5) is 0 Å². The van der Waals surface area contributed by atoms with Crippen LogP contribution >= 0.6 is 23.7 Å². The summed E-state index contributed by atoms with van der Waals surface area (Å²) >= 11 is 1.48. The molecule has 0 bridgehead atoms. The molecule has 0 aromatic carbocycles. The monoisotopic (exact) mass is 221 g/mol. The lowest BCUT2D eigenvalue weighted by atomic mass is 10.2. The van der Waals surface area contributed by atoms with Crippen molar-refractivity contribution in [2.24, 2.45) is 5.73 Å². The SMILES string of the molecule is COC(=O)[C@@H](N)c1sccc1C.Cl. The van der Waals surface area contributed by atoms with Crippen molar-refractivity contribution in [2.75, 3.05) is 7.11 Å². The highest BCUT2D eigenvalue weighted by atomic mass is 35.5. The number of esters is 1. The first-order chi connectivity index (χ1) is 5.66. The fourth-order valence-electron chi connectivity index (χ4n) is 0.937. The van der Waals surface area contributed by atoms with Crippen LogP contribution in [0.15, 0.2) is 11.4 Å². The van der Waals surface area contributed by atoms with Crippen LogP contribution < -0.4 is 5.73 Å². The molecule has 0 amide bonds. The minimum Gasteiger partial charge on any atom is -0.468 e. The molecule has 1 aromatic rings. The summed E-state index contributed by atoms with van der Waals surface area (Å²) in [4.78, 5) is 11.9. The van der Waals surface area contributed by atoms with E-state index >= 15 is 0 Å². The van der Waals surface area contributed by atoms with Crippen molar-refractivity contribution in [1.82, 2.24) is 0 Å². The fourth-order valence-corrected chi connectivity index (χ4v) is 1.85. The van der Waals surface area contributed by atoms with Crippen molar-refractivity contribution < 1.29 is 9.53 Å². The lowest BCUT2D eigenvalue weighted by molar-refractivity contribution is -0.142. The van der Waals surface area contributed by atoms with Crippen LogP contribution in [0.5, 0.6) is 0 Å². The molecule has 2 N–H and O–H groups in total. The van der Waals surface area contributed by atoms with Crippen molar-refractivity contribution in [3.05, 3.63) is 21.9 Å². The Labute approximate surface area is 87.3 Å². The summed E-state index contributed by atoms with van der Waals surface area (Å²) in [5, 5.41) is 1.91. The van der Waals surface area contributed by atoms with Crippen LogP contribution in [0, 0.1) is 6.92 Å². The molecule has 5 heteroatoms. The van der Waals surface area contributed by atoms with Gasteiger partial charge in [0.2, 0.25) is 0 Å². The van der Waals surface area contributed by atoms with Gasteiger partial charge in [0.25, 0.3) is 0 Å². The van der Waals surface area contributed by atoms with Gasteiger partial charge in [0, 0.05) is 4.88 Å². The molecule has 0 aliphatic heterocycles. The molecular weight excluding hydrogens is 210 g/mol. The molecule has 13 heavy (non-hydrogen) atoms. The summed E-state index contributed by atoms with van der Waals surface area (Å²) in [6, 6.07) is 1.30. The Hall–Kier alpha value is -0.580. The molecule has 3 nitrogen and oxygen atoms in total. The number of hydrogen-bond acceptors (Lipinski definition) is 4. The lowest BCUT2D eigenvalue weighted by Gasteiger charge is -2.07. The zero-order valence-corrected chi connectivity index (χ0v) is 9.08. The molecule has 0 fully saturated rings. The van der Waals surface area contributed by atoms with Gasteiger partial charge in [-0.05, 0) is 23.9 Å². The van der Waals surface area contributed by atoms with Crippen molar-refractivity contribution in [1.29, 1.82) is 0 Å². The second-order valence-corrected chi connectivity index (χ2v) is 3.42. The highest BCUT2D eigenvalue weighted by Gasteiger charge is 2.18. The zero-order chi connectivity index (χ0) is 9.14. The van der Waals surface area contributed by atoms with Gasteiger partial charge in [0.05, 0.1) is 7.11 Å². The average Bonchev–Trinajstić information content (AvgIpc) is 2.48. The molecule has 0 spiro atoms. The molecule has 0 unspecified atom stereocenters. The number of aryl methyl sites for hydroxylation is 1. The normalized spacial score (nSPS) is 11.6. The topological polar surface area (TPSA) is 52.3 Å². The van der Waals surface area contributed by atoms with Gasteiger partial charge >= 0.3 is 5.97 Å². The Morgan fingerprint density at radius 1 is 1.69 bits per heavy atom. The van der Waals surface area contributed by atoms with Crippen molar-refractivity contribution in [3.8, 4) is 0 Å². The van der Waals surface area contributed by atoms with E-state index < -0.39 is 6.04 Å². The molecule has 0 aliphatic carbocycles. The van der Waals surface area contributed by atoms with E-state index in [9.17, 15) is 4.79 Å². The fraction of sp³-hybridized carbons (Fsp3) is 0.375. The summed E-state index contributed by atoms with van der Waals surface area (Å²) in [6.45, 7) is 1.93. The van der Waals surface area contributed by atoms with Crippen LogP contribution in [-0.4, -0.2) is 13.1 Å². The van der Waals surface area contributed by atoms with Gasteiger partial charge in [-0.15, -0.1) is 23.7 Å². The van der Waals surface area contributed by atoms with Gasteiger partial charge in [-0.25, -0.2) is 4.79 Å². The Balaban J connectivity index is 0.00000144. The van der Waals surface area contributed by atoms with Crippen molar-refractivity contribution >= 4 is 29.7 Å². The van der Waals surface area contributed by atoms with Crippen molar-refractivity contribution in [2.45, 2.75) is 13.0 Å².